The number of hydrogen-bond donors (Lipinski definition) is 0. The standard InChI is InChI=1S/C5H7.2C3H9P.Co/c1-2-4-5-3-1;2*1-4(2)3;/h1H,2,4-5H2;2*1-3H3;/q;;;-2/p+2. The summed E-state index contributed by atoms with van der Waals surface area (Å²) in [6.07, 6.45) is 6.81. The van der Waals surface area contributed by atoms with Crippen molar-refractivity contribution in [2.45, 2.75) is 19.3 Å². The molecule has 3 heteroatoms. The van der Waals surface area contributed by atoms with E-state index in [-0.39, 0.29) is 0 Å². The molecule has 0 fully saturated rings. The van der Waals surface area contributed by atoms with E-state index in [9.17, 15) is 0 Å². The van der Waals surface area contributed by atoms with Crippen LogP contribution in [0.15, 0.2) is 10.6 Å². The topological polar surface area (TPSA) is 0 Å². The average molecular weight is 280 g/mol. The van der Waals surface area contributed by atoms with Crippen molar-refractivity contribution in [2.24, 2.45) is 0 Å². The van der Waals surface area contributed by atoms with Gasteiger partial charge in [-0.25, -0.2) is 0 Å². The molecule has 14 heavy (non-hydrogen) atoms. The first-order valence-electron chi connectivity index (χ1n) is 5.55. The number of hydrogen-bond acceptors (Lipinski definition) is 0. The quantitative estimate of drug-likeness (QED) is 0.690. The summed E-state index contributed by atoms with van der Waals surface area (Å²) >= 11 is 0.321. The maximum absolute atomic E-state index is 2.58. The van der Waals surface area contributed by atoms with E-state index in [1.165, 1.54) is 19.3 Å². The molecule has 0 aromatic carbocycles. The van der Waals surface area contributed by atoms with Crippen LogP contribution in [0.2, 0.25) is 0 Å². The van der Waals surface area contributed by atoms with Crippen LogP contribution in [0.5, 0.6) is 0 Å². The van der Waals surface area contributed by atoms with Crippen molar-refractivity contribution in [1.29, 1.82) is 0 Å². The molecule has 0 aromatic rings. The Morgan fingerprint density at radius 2 is 1.50 bits per heavy atom. The van der Waals surface area contributed by atoms with Crippen LogP contribution in [0.25, 0.3) is 0 Å². The van der Waals surface area contributed by atoms with Gasteiger partial charge in [0.25, 0.3) is 0 Å². The summed E-state index contributed by atoms with van der Waals surface area (Å²) in [7, 11) is 0. The molecule has 1 aliphatic carbocycles. The van der Waals surface area contributed by atoms with Crippen LogP contribution in [0.1, 0.15) is 19.3 Å². The van der Waals surface area contributed by atoms with Gasteiger partial charge in [-0.1, -0.05) is 0 Å². The second kappa shape index (κ2) is 4.54. The van der Waals surface area contributed by atoms with Crippen molar-refractivity contribution in [2.75, 3.05) is 40.0 Å². The normalized spacial score (nSPS) is 21.9. The fourth-order valence-corrected chi connectivity index (χ4v) is 38.6. The number of rotatable bonds is 3. The molecule has 0 amide bonds. The van der Waals surface area contributed by atoms with Gasteiger partial charge in [0.1, 0.15) is 0 Å². The van der Waals surface area contributed by atoms with Gasteiger partial charge in [-0.15, -0.1) is 0 Å². The zero-order valence-electron chi connectivity index (χ0n) is 10.5. The Labute approximate surface area is 94.6 Å². The molecule has 0 aliphatic heterocycles. The Bertz CT molecular complexity index is 219. The summed E-state index contributed by atoms with van der Waals surface area (Å²) in [5.74, 6) is -1.86. The molecule has 0 N–H and O–H groups in total. The molecule has 1 rings (SSSR count). The molecule has 90 valence electrons. The zero-order chi connectivity index (χ0) is 11.0. The van der Waals surface area contributed by atoms with Gasteiger partial charge in [-0.2, -0.15) is 0 Å². The average Bonchev–Trinajstić information content (AvgIpc) is 2.31. The molecule has 0 aromatic heterocycles. The van der Waals surface area contributed by atoms with E-state index in [0.29, 0.717) is 12.8 Å². The first kappa shape index (κ1) is 13.2. The Balaban J connectivity index is 2.94. The Morgan fingerprint density at radius 3 is 1.79 bits per heavy atom. The van der Waals surface area contributed by atoms with Gasteiger partial charge in [-0.05, 0) is 0 Å². The molecule has 0 saturated carbocycles. The van der Waals surface area contributed by atoms with Gasteiger partial charge in [0.15, 0.2) is 0 Å². The molecule has 0 unspecified atom stereocenters. The van der Waals surface area contributed by atoms with Gasteiger partial charge in [0.05, 0.1) is 0 Å². The monoisotopic (exact) mass is 280 g/mol. The first-order valence-corrected chi connectivity index (χ1v) is 15.9. The minimum absolute atomic E-state index is 0.321. The third-order valence-electron chi connectivity index (χ3n) is 2.18. The maximum atomic E-state index is 2.58. The number of allylic oxidation sites excluding steroid dienone is 2. The molecule has 0 radical (unpaired) electrons. The predicted octanol–water partition coefficient (Wildman–Crippen LogP) is 3.78. The third-order valence-corrected chi connectivity index (χ3v) is 28.8. The van der Waals surface area contributed by atoms with E-state index < -0.39 is 12.0 Å². The van der Waals surface area contributed by atoms with E-state index in [1.807, 2.05) is 4.51 Å². The Hall–Kier alpha value is 1.11. The van der Waals surface area contributed by atoms with Crippen LogP contribution in [-0.2, 0) is 12.8 Å². The molecule has 0 bridgehead atoms. The van der Waals surface area contributed by atoms with E-state index in [2.05, 4.69) is 46.1 Å². The summed E-state index contributed by atoms with van der Waals surface area (Å²) < 4.78 is 1.90. The molecular formula is C11H27CoP2. The summed E-state index contributed by atoms with van der Waals surface area (Å²) in [6.45, 7) is 15.5. The van der Waals surface area contributed by atoms with Crippen LogP contribution < -0.4 is 0 Å². The van der Waals surface area contributed by atoms with Gasteiger partial charge in [0.2, 0.25) is 0 Å². The summed E-state index contributed by atoms with van der Waals surface area (Å²) in [4.78, 5) is 0. The van der Waals surface area contributed by atoms with Crippen molar-refractivity contribution in [3.63, 3.8) is 0 Å². The fraction of sp³-hybridized carbons (Fsp3) is 0.818. The molecule has 0 atom stereocenters. The van der Waals surface area contributed by atoms with E-state index >= 15 is 0 Å². The predicted molar refractivity (Wildman–Crippen MR) is 74.1 cm³/mol. The van der Waals surface area contributed by atoms with E-state index in [1.54, 1.807) is 0 Å². The van der Waals surface area contributed by atoms with Gasteiger partial charge in [0, 0.05) is 0 Å². The first-order chi connectivity index (χ1) is 6.23. The second-order valence-electron chi connectivity index (χ2n) is 5.76. The molecular weight excluding hydrogens is 253 g/mol. The van der Waals surface area contributed by atoms with Crippen molar-refractivity contribution in [3.05, 3.63) is 10.6 Å². The summed E-state index contributed by atoms with van der Waals surface area (Å²) in [6, 6.07) is 0. The van der Waals surface area contributed by atoms with Gasteiger partial charge < -0.3 is 0 Å². The SMILES string of the molecule is C[PH](C)(C)[Co]([C]1=CCCC1)[PH](C)(C)C. The molecule has 0 nitrogen and oxygen atoms in total. The third kappa shape index (κ3) is 3.31. The zero-order valence-corrected chi connectivity index (χ0v) is 13.6. The fourth-order valence-electron chi connectivity index (χ4n) is 2.16. The van der Waals surface area contributed by atoms with Crippen LogP contribution in [-0.4, -0.2) is 40.0 Å². The van der Waals surface area contributed by atoms with Crippen molar-refractivity contribution < 1.29 is 12.8 Å². The van der Waals surface area contributed by atoms with Gasteiger partial charge >= 0.3 is 94.6 Å². The van der Waals surface area contributed by atoms with Crippen molar-refractivity contribution in [3.8, 4) is 0 Å². The van der Waals surface area contributed by atoms with Crippen LogP contribution >= 0.6 is 12.0 Å². The van der Waals surface area contributed by atoms with Crippen molar-refractivity contribution >= 4 is 12.0 Å². The van der Waals surface area contributed by atoms with Gasteiger partial charge in [-0.3, -0.25) is 0 Å². The molecule has 0 spiro atoms. The molecule has 1 aliphatic rings. The van der Waals surface area contributed by atoms with Crippen LogP contribution in [0.3, 0.4) is 0 Å². The summed E-state index contributed by atoms with van der Waals surface area (Å²) in [5, 5.41) is 0. The summed E-state index contributed by atoms with van der Waals surface area (Å²) in [5.41, 5.74) is 0. The minimum atomic E-state index is -0.931. The Morgan fingerprint density at radius 1 is 1.00 bits per heavy atom. The molecule has 0 saturated heterocycles. The van der Waals surface area contributed by atoms with Crippen LogP contribution in [0.4, 0.5) is 0 Å². The molecule has 0 heterocycles. The second-order valence-corrected chi connectivity index (χ2v) is 28.7. The Kier molecular flexibility index (Phi) is 4.27. The van der Waals surface area contributed by atoms with E-state index in [4.69, 9.17) is 0 Å². The van der Waals surface area contributed by atoms with E-state index in [0.717, 1.165) is 0 Å². The van der Waals surface area contributed by atoms with Crippen LogP contribution in [0, 0.1) is 0 Å². The van der Waals surface area contributed by atoms with Crippen molar-refractivity contribution in [1.82, 2.24) is 0 Å².